The fourth-order valence-electron chi connectivity index (χ4n) is 1.20. The molecule has 1 aromatic heterocycles. The molecular formula is C11H9N2OS-. The zero-order valence-corrected chi connectivity index (χ0v) is 8.99. The molecule has 0 aliphatic heterocycles. The maximum Gasteiger partial charge on any atom is 0.124 e. The van der Waals surface area contributed by atoms with Gasteiger partial charge >= 0.3 is 0 Å². The number of aliphatic imine (C=N–C) groups is 1. The number of aromatic nitrogens is 1. The van der Waals surface area contributed by atoms with Gasteiger partial charge in [0.05, 0.1) is 5.69 Å². The Hall–Kier alpha value is -1.68. The molecule has 0 unspecified atom stereocenters. The lowest BCUT2D eigenvalue weighted by molar-refractivity contribution is -0.213. The van der Waals surface area contributed by atoms with Crippen molar-refractivity contribution in [1.29, 1.82) is 0 Å². The molecule has 1 heterocycles. The van der Waals surface area contributed by atoms with Crippen LogP contribution >= 0.6 is 11.3 Å². The molecule has 2 aromatic rings. The first-order valence-corrected chi connectivity index (χ1v) is 5.34. The predicted molar refractivity (Wildman–Crippen MR) is 60.0 cm³/mol. The van der Waals surface area contributed by atoms with E-state index in [4.69, 9.17) is 0 Å². The Bertz CT molecular complexity index is 476. The smallest absolute Gasteiger partial charge is 0.124 e. The molecule has 0 N–H and O–H groups in total. The largest absolute Gasteiger partial charge is 0.857 e. The van der Waals surface area contributed by atoms with Gasteiger partial charge in [0.15, 0.2) is 0 Å². The minimum absolute atomic E-state index is 0.270. The summed E-state index contributed by atoms with van der Waals surface area (Å²) in [5.41, 5.74) is 1.44. The van der Waals surface area contributed by atoms with E-state index in [1.807, 2.05) is 30.3 Å². The van der Waals surface area contributed by atoms with Crippen molar-refractivity contribution in [3.05, 3.63) is 41.4 Å². The average Bonchev–Trinajstić information content (AvgIpc) is 2.78. The number of hydrogen-bond acceptors (Lipinski definition) is 4. The Morgan fingerprint density at radius 3 is 2.73 bits per heavy atom. The lowest BCUT2D eigenvalue weighted by Crippen LogP contribution is -2.18. The molecule has 0 saturated carbocycles. The van der Waals surface area contributed by atoms with E-state index in [9.17, 15) is 5.11 Å². The van der Waals surface area contributed by atoms with Gasteiger partial charge in [0, 0.05) is 23.9 Å². The fraction of sp³-hybridized carbons (Fsp3) is 0.0909. The van der Waals surface area contributed by atoms with E-state index in [0.29, 0.717) is 5.69 Å². The first-order chi connectivity index (χ1) is 7.31. The Labute approximate surface area is 91.8 Å². The Morgan fingerprint density at radius 1 is 1.33 bits per heavy atom. The van der Waals surface area contributed by atoms with Crippen molar-refractivity contribution in [2.24, 2.45) is 4.99 Å². The van der Waals surface area contributed by atoms with E-state index in [1.54, 1.807) is 5.38 Å². The van der Waals surface area contributed by atoms with E-state index in [-0.39, 0.29) is 5.90 Å². The van der Waals surface area contributed by atoms with Crippen molar-refractivity contribution >= 4 is 17.2 Å². The highest BCUT2D eigenvalue weighted by atomic mass is 32.1. The van der Waals surface area contributed by atoms with Gasteiger partial charge in [-0.3, -0.25) is 0 Å². The van der Waals surface area contributed by atoms with Crippen LogP contribution in [0, 0.1) is 0 Å². The lowest BCUT2D eigenvalue weighted by atomic mass is 10.2. The maximum absolute atomic E-state index is 11.2. The SMILES string of the molecule is CN=C([O-])c1csc(-c2ccccc2)n1. The number of rotatable bonds is 2. The molecule has 3 nitrogen and oxygen atoms in total. The number of benzene rings is 1. The van der Waals surface area contributed by atoms with Gasteiger partial charge < -0.3 is 10.1 Å². The highest BCUT2D eigenvalue weighted by Gasteiger charge is 2.03. The molecule has 15 heavy (non-hydrogen) atoms. The van der Waals surface area contributed by atoms with Crippen molar-refractivity contribution in [3.8, 4) is 10.6 Å². The van der Waals surface area contributed by atoms with Crippen molar-refractivity contribution in [3.63, 3.8) is 0 Å². The number of hydrogen-bond donors (Lipinski definition) is 0. The second-order valence-corrected chi connectivity index (χ2v) is 3.79. The van der Waals surface area contributed by atoms with Crippen LogP contribution in [-0.2, 0) is 0 Å². The van der Waals surface area contributed by atoms with Crippen molar-refractivity contribution in [1.82, 2.24) is 4.98 Å². The zero-order valence-electron chi connectivity index (χ0n) is 8.18. The van der Waals surface area contributed by atoms with Crippen LogP contribution in [-0.4, -0.2) is 17.9 Å². The number of nitrogens with zero attached hydrogens (tertiary/aromatic N) is 2. The van der Waals surface area contributed by atoms with Crippen LogP contribution in [0.25, 0.3) is 10.6 Å². The van der Waals surface area contributed by atoms with Gasteiger partial charge in [-0.2, -0.15) is 0 Å². The molecule has 0 atom stereocenters. The van der Waals surface area contributed by atoms with Crippen molar-refractivity contribution < 1.29 is 5.11 Å². The fourth-order valence-corrected chi connectivity index (χ4v) is 2.00. The summed E-state index contributed by atoms with van der Waals surface area (Å²) in [6.45, 7) is 0. The van der Waals surface area contributed by atoms with Gasteiger partial charge in [0.1, 0.15) is 5.01 Å². The molecule has 2 rings (SSSR count). The first-order valence-electron chi connectivity index (χ1n) is 4.46. The molecule has 1 aromatic carbocycles. The third-order valence-electron chi connectivity index (χ3n) is 1.95. The molecule has 4 heteroatoms. The lowest BCUT2D eigenvalue weighted by Gasteiger charge is -2.03. The molecule has 76 valence electrons. The summed E-state index contributed by atoms with van der Waals surface area (Å²) in [6.07, 6.45) is 0. The number of thiazole rings is 1. The summed E-state index contributed by atoms with van der Waals surface area (Å²) in [5, 5.41) is 13.8. The average molecular weight is 217 g/mol. The second kappa shape index (κ2) is 4.23. The van der Waals surface area contributed by atoms with E-state index in [1.165, 1.54) is 18.4 Å². The monoisotopic (exact) mass is 217 g/mol. The van der Waals surface area contributed by atoms with Gasteiger partial charge in [-0.25, -0.2) is 4.98 Å². The molecule has 0 saturated heterocycles. The van der Waals surface area contributed by atoms with Crippen LogP contribution in [0.2, 0.25) is 0 Å². The molecule has 0 aliphatic carbocycles. The van der Waals surface area contributed by atoms with Crippen LogP contribution in [0.15, 0.2) is 40.7 Å². The summed E-state index contributed by atoms with van der Waals surface area (Å²) < 4.78 is 0. The van der Waals surface area contributed by atoms with E-state index in [2.05, 4.69) is 9.98 Å². The van der Waals surface area contributed by atoms with Crippen molar-refractivity contribution in [2.45, 2.75) is 0 Å². The third kappa shape index (κ3) is 2.05. The summed E-state index contributed by atoms with van der Waals surface area (Å²) in [7, 11) is 1.48. The molecule has 0 amide bonds. The van der Waals surface area contributed by atoms with Crippen LogP contribution in [0.4, 0.5) is 0 Å². The predicted octanol–water partition coefficient (Wildman–Crippen LogP) is 1.55. The summed E-state index contributed by atoms with van der Waals surface area (Å²) in [4.78, 5) is 7.80. The van der Waals surface area contributed by atoms with E-state index < -0.39 is 0 Å². The summed E-state index contributed by atoms with van der Waals surface area (Å²) in [6, 6.07) is 9.78. The highest BCUT2D eigenvalue weighted by Crippen LogP contribution is 2.22. The molecule has 0 fully saturated rings. The summed E-state index contributed by atoms with van der Waals surface area (Å²) >= 11 is 1.45. The topological polar surface area (TPSA) is 48.3 Å². The third-order valence-corrected chi connectivity index (χ3v) is 2.84. The van der Waals surface area contributed by atoms with E-state index >= 15 is 0 Å². The minimum Gasteiger partial charge on any atom is -0.857 e. The van der Waals surface area contributed by atoms with Gasteiger partial charge in [0.2, 0.25) is 0 Å². The summed E-state index contributed by atoms with van der Waals surface area (Å²) in [5.74, 6) is -0.270. The van der Waals surface area contributed by atoms with Gasteiger partial charge in [-0.05, 0) is 0 Å². The van der Waals surface area contributed by atoms with Gasteiger partial charge in [-0.1, -0.05) is 30.3 Å². The molecular weight excluding hydrogens is 208 g/mol. The molecule has 0 aliphatic rings. The van der Waals surface area contributed by atoms with Crippen LogP contribution in [0.5, 0.6) is 0 Å². The van der Waals surface area contributed by atoms with Crippen LogP contribution in [0.3, 0.4) is 0 Å². The van der Waals surface area contributed by atoms with Crippen LogP contribution in [0.1, 0.15) is 5.69 Å². The Balaban J connectivity index is 2.36. The Kier molecular flexibility index (Phi) is 2.78. The molecule has 0 radical (unpaired) electrons. The zero-order chi connectivity index (χ0) is 10.7. The van der Waals surface area contributed by atoms with Gasteiger partial charge in [-0.15, -0.1) is 11.3 Å². The highest BCUT2D eigenvalue weighted by molar-refractivity contribution is 7.13. The quantitative estimate of drug-likeness (QED) is 0.566. The van der Waals surface area contributed by atoms with Crippen LogP contribution < -0.4 is 5.11 Å². The Morgan fingerprint density at radius 2 is 2.07 bits per heavy atom. The minimum atomic E-state index is -0.270. The van der Waals surface area contributed by atoms with Gasteiger partial charge in [0.25, 0.3) is 0 Å². The molecule has 0 spiro atoms. The molecule has 0 bridgehead atoms. The van der Waals surface area contributed by atoms with Crippen molar-refractivity contribution in [2.75, 3.05) is 7.05 Å². The normalized spacial score (nSPS) is 11.7. The first kappa shape index (κ1) is 9.86. The van der Waals surface area contributed by atoms with E-state index in [0.717, 1.165) is 10.6 Å². The standard InChI is InChI=1S/C11H10N2OS/c1-12-10(14)9-7-15-11(13-9)8-5-3-2-4-6-8/h2-7H,1H3,(H,12,14)/p-1. The maximum atomic E-state index is 11.2. The second-order valence-electron chi connectivity index (χ2n) is 2.93.